The summed E-state index contributed by atoms with van der Waals surface area (Å²) in [5.41, 5.74) is 2.47. The summed E-state index contributed by atoms with van der Waals surface area (Å²) in [5.74, 6) is 0. The Bertz CT molecular complexity index is 199. The van der Waals surface area contributed by atoms with Gasteiger partial charge in [-0.2, -0.15) is 0 Å². The number of benzene rings is 1. The van der Waals surface area contributed by atoms with Crippen LogP contribution >= 0.6 is 11.6 Å². The minimum absolute atomic E-state index is 1.18. The maximum Gasteiger partial charge on any atom is 0.0108 e. The van der Waals surface area contributed by atoms with Crippen LogP contribution in [0, 0.1) is 6.92 Å². The van der Waals surface area contributed by atoms with Crippen molar-refractivity contribution in [3.05, 3.63) is 42.0 Å². The number of hydrogen-bond acceptors (Lipinski definition) is 0. The molecular formula is C10H13Cl. The molecular weight excluding hydrogens is 156 g/mol. The van der Waals surface area contributed by atoms with Crippen LogP contribution in [-0.4, -0.2) is 6.38 Å². The molecule has 0 heterocycles. The van der Waals surface area contributed by atoms with Crippen molar-refractivity contribution in [3.63, 3.8) is 0 Å². The van der Waals surface area contributed by atoms with Gasteiger partial charge >= 0.3 is 0 Å². The molecule has 0 aliphatic heterocycles. The summed E-state index contributed by atoms with van der Waals surface area (Å²) in [7, 11) is 0. The van der Waals surface area contributed by atoms with Crippen molar-refractivity contribution in [2.24, 2.45) is 0 Å². The van der Waals surface area contributed by atoms with Gasteiger partial charge < -0.3 is 0 Å². The van der Waals surface area contributed by atoms with Gasteiger partial charge in [0, 0.05) is 6.38 Å². The highest BCUT2D eigenvalue weighted by Gasteiger charge is 1.82. The van der Waals surface area contributed by atoms with Gasteiger partial charge in [0.25, 0.3) is 0 Å². The van der Waals surface area contributed by atoms with Crippen molar-refractivity contribution in [1.29, 1.82) is 0 Å². The second kappa shape index (κ2) is 5.99. The van der Waals surface area contributed by atoms with E-state index in [1.165, 1.54) is 17.5 Å². The number of hydrogen-bond donors (Lipinski definition) is 0. The fourth-order valence-corrected chi connectivity index (χ4v) is 0.703. The molecule has 1 rings (SSSR count). The number of aryl methyl sites for hydroxylation is 1. The quantitative estimate of drug-likeness (QED) is 0.564. The third-order valence-electron chi connectivity index (χ3n) is 1.31. The van der Waals surface area contributed by atoms with E-state index in [1.54, 1.807) is 0 Å². The van der Waals surface area contributed by atoms with Crippen LogP contribution < -0.4 is 0 Å². The molecule has 0 aliphatic carbocycles. The van der Waals surface area contributed by atoms with Crippen molar-refractivity contribution in [3.8, 4) is 0 Å². The maximum absolute atomic E-state index is 4.64. The normalized spacial score (nSPS) is 7.91. The van der Waals surface area contributed by atoms with Gasteiger partial charge in [0.15, 0.2) is 0 Å². The Morgan fingerprint density at radius 2 is 1.64 bits per heavy atom. The third-order valence-corrected chi connectivity index (χ3v) is 1.31. The summed E-state index contributed by atoms with van der Waals surface area (Å²) in [6.07, 6.45) is 3.32. The largest absolute Gasteiger partial charge is 0.130 e. The summed E-state index contributed by atoms with van der Waals surface area (Å²) in [5, 5.41) is 0. The molecule has 0 saturated carbocycles. The lowest BCUT2D eigenvalue weighted by Gasteiger charge is -1.91. The highest BCUT2D eigenvalue weighted by atomic mass is 35.5. The fraction of sp³-hybridized carbons (Fsp3) is 0.200. The van der Waals surface area contributed by atoms with Crippen molar-refractivity contribution in [2.45, 2.75) is 6.92 Å². The van der Waals surface area contributed by atoms with Crippen LogP contribution in [0.4, 0.5) is 0 Å². The second-order valence-corrected chi connectivity index (χ2v) is 2.11. The van der Waals surface area contributed by atoms with E-state index >= 15 is 0 Å². The van der Waals surface area contributed by atoms with Gasteiger partial charge in [-0.3, -0.25) is 0 Å². The summed E-state index contributed by atoms with van der Waals surface area (Å²) >= 11 is 4.64. The molecule has 1 heteroatoms. The first-order valence-electron chi connectivity index (χ1n) is 3.40. The van der Waals surface area contributed by atoms with E-state index in [0.29, 0.717) is 0 Å². The Morgan fingerprint density at radius 3 is 2.00 bits per heavy atom. The lowest BCUT2D eigenvalue weighted by atomic mass is 10.2. The fourth-order valence-electron chi connectivity index (χ4n) is 0.703. The number of rotatable bonds is 1. The van der Waals surface area contributed by atoms with Crippen LogP contribution in [0.2, 0.25) is 0 Å². The molecule has 11 heavy (non-hydrogen) atoms. The van der Waals surface area contributed by atoms with E-state index in [0.717, 1.165) is 0 Å². The van der Waals surface area contributed by atoms with Gasteiger partial charge in [0.2, 0.25) is 0 Å². The number of halogens is 1. The van der Waals surface area contributed by atoms with E-state index in [9.17, 15) is 0 Å². The molecule has 0 fully saturated rings. The molecule has 0 aromatic heterocycles. The molecule has 0 unspecified atom stereocenters. The Hall–Kier alpha value is -0.750. The van der Waals surface area contributed by atoms with Crippen molar-refractivity contribution in [2.75, 3.05) is 6.38 Å². The Balaban J connectivity index is 0.000000461. The Labute approximate surface area is 73.5 Å². The molecule has 0 saturated heterocycles. The summed E-state index contributed by atoms with van der Waals surface area (Å²) in [6, 6.07) is 8.28. The first-order chi connectivity index (χ1) is 5.33. The molecule has 0 radical (unpaired) electrons. The van der Waals surface area contributed by atoms with Gasteiger partial charge in [-0.05, 0) is 12.5 Å². The highest BCUT2D eigenvalue weighted by molar-refractivity contribution is 6.15. The molecule has 0 aliphatic rings. The van der Waals surface area contributed by atoms with Crippen LogP contribution in [0.3, 0.4) is 0 Å². The van der Waals surface area contributed by atoms with Crippen LogP contribution in [0.15, 0.2) is 30.8 Å². The smallest absolute Gasteiger partial charge is 0.0108 e. The highest BCUT2D eigenvalue weighted by Crippen LogP contribution is 2.02. The summed E-state index contributed by atoms with van der Waals surface area (Å²) in [4.78, 5) is 0. The van der Waals surface area contributed by atoms with Crippen LogP contribution in [-0.2, 0) is 0 Å². The molecule has 0 amide bonds. The first-order valence-corrected chi connectivity index (χ1v) is 4.15. The minimum atomic E-state index is 1.18. The van der Waals surface area contributed by atoms with Crippen LogP contribution in [0.5, 0.6) is 0 Å². The molecule has 0 atom stereocenters. The topological polar surface area (TPSA) is 0 Å². The van der Waals surface area contributed by atoms with E-state index in [2.05, 4.69) is 49.4 Å². The van der Waals surface area contributed by atoms with E-state index in [4.69, 9.17) is 0 Å². The molecule has 0 spiro atoms. The summed E-state index contributed by atoms with van der Waals surface area (Å²) < 4.78 is 0. The first kappa shape index (κ1) is 10.2. The molecule has 0 bridgehead atoms. The molecule has 0 N–H and O–H groups in total. The van der Waals surface area contributed by atoms with E-state index in [-0.39, 0.29) is 0 Å². The SMILES string of the molecule is C=Cc1ccc(C)cc1.CCl. The van der Waals surface area contributed by atoms with Crippen molar-refractivity contribution in [1.82, 2.24) is 0 Å². The average molecular weight is 169 g/mol. The Morgan fingerprint density at radius 1 is 1.18 bits per heavy atom. The predicted octanol–water partition coefficient (Wildman–Crippen LogP) is 3.49. The predicted molar refractivity (Wildman–Crippen MR) is 53.0 cm³/mol. The van der Waals surface area contributed by atoms with Gasteiger partial charge in [-0.1, -0.05) is 42.5 Å². The molecule has 0 nitrogen and oxygen atoms in total. The van der Waals surface area contributed by atoms with Crippen LogP contribution in [0.1, 0.15) is 11.1 Å². The zero-order valence-electron chi connectivity index (χ0n) is 6.97. The summed E-state index contributed by atoms with van der Waals surface area (Å²) in [6.45, 7) is 5.74. The second-order valence-electron chi connectivity index (χ2n) is 2.11. The van der Waals surface area contributed by atoms with E-state index < -0.39 is 0 Å². The van der Waals surface area contributed by atoms with Crippen molar-refractivity contribution < 1.29 is 0 Å². The van der Waals surface area contributed by atoms with E-state index in [1.807, 2.05) is 6.08 Å². The lowest BCUT2D eigenvalue weighted by Crippen LogP contribution is -1.71. The zero-order valence-corrected chi connectivity index (χ0v) is 7.73. The Kier molecular flexibility index (Phi) is 5.58. The monoisotopic (exact) mass is 168 g/mol. The van der Waals surface area contributed by atoms with Gasteiger partial charge in [0.05, 0.1) is 0 Å². The lowest BCUT2D eigenvalue weighted by molar-refractivity contribution is 1.46. The molecule has 1 aromatic carbocycles. The van der Waals surface area contributed by atoms with Gasteiger partial charge in [0.1, 0.15) is 0 Å². The van der Waals surface area contributed by atoms with Gasteiger partial charge in [-0.25, -0.2) is 0 Å². The average Bonchev–Trinajstić information content (AvgIpc) is 2.10. The van der Waals surface area contributed by atoms with Crippen LogP contribution in [0.25, 0.3) is 6.08 Å². The zero-order chi connectivity index (χ0) is 8.69. The minimum Gasteiger partial charge on any atom is -0.130 e. The maximum atomic E-state index is 4.64. The molecule has 60 valence electrons. The third kappa shape index (κ3) is 3.84. The number of alkyl halides is 1. The van der Waals surface area contributed by atoms with Gasteiger partial charge in [-0.15, -0.1) is 11.6 Å². The standard InChI is InChI=1S/C9H10.CH3Cl/c1-3-9-6-4-8(2)5-7-9;1-2/h3-7H,1H2,2H3;1H3. The molecule has 1 aromatic rings. The van der Waals surface area contributed by atoms with Crippen molar-refractivity contribution >= 4 is 17.7 Å².